The van der Waals surface area contributed by atoms with E-state index in [2.05, 4.69) is 15.3 Å². The fourth-order valence-electron chi connectivity index (χ4n) is 1.90. The normalized spacial score (nSPS) is 11.5. The number of hydrogen-bond acceptors (Lipinski definition) is 3. The van der Waals surface area contributed by atoms with Gasteiger partial charge in [0.25, 0.3) is 0 Å². The monoisotopic (exact) mass is 315 g/mol. The van der Waals surface area contributed by atoms with Crippen LogP contribution in [0.1, 0.15) is 23.9 Å². The van der Waals surface area contributed by atoms with Gasteiger partial charge in [0.2, 0.25) is 5.82 Å². The zero-order chi connectivity index (χ0) is 15.5. The minimum absolute atomic E-state index is 0.0493. The summed E-state index contributed by atoms with van der Waals surface area (Å²) in [4.78, 5) is 6.63. The van der Waals surface area contributed by atoms with Gasteiger partial charge >= 0.3 is 6.18 Å². The molecule has 1 aromatic heterocycles. The van der Waals surface area contributed by atoms with Crippen molar-refractivity contribution >= 4 is 17.4 Å². The maximum absolute atomic E-state index is 12.6. The molecule has 0 bridgehead atoms. The molecule has 0 atom stereocenters. The molecule has 1 aromatic carbocycles. The standard InChI is InChI=1S/C14H13ClF3N3/c1-2-9-5-3-4-6-10(9)8-19-12-7-11(15)20-13(21-12)14(16,17)18/h3-7H,2,8H2,1H3,(H,19,20,21). The lowest BCUT2D eigenvalue weighted by Crippen LogP contribution is -2.13. The van der Waals surface area contributed by atoms with Crippen molar-refractivity contribution < 1.29 is 13.2 Å². The van der Waals surface area contributed by atoms with Crippen molar-refractivity contribution in [1.29, 1.82) is 0 Å². The molecule has 0 radical (unpaired) electrons. The molecular formula is C14H13ClF3N3. The highest BCUT2D eigenvalue weighted by Gasteiger charge is 2.35. The number of benzene rings is 1. The Morgan fingerprint density at radius 2 is 1.81 bits per heavy atom. The highest BCUT2D eigenvalue weighted by molar-refractivity contribution is 6.29. The Kier molecular flexibility index (Phi) is 4.67. The molecule has 21 heavy (non-hydrogen) atoms. The summed E-state index contributed by atoms with van der Waals surface area (Å²) in [6.45, 7) is 2.39. The molecule has 0 saturated heterocycles. The first-order chi connectivity index (χ1) is 9.90. The number of hydrogen-bond donors (Lipinski definition) is 1. The molecule has 2 aromatic rings. The van der Waals surface area contributed by atoms with Crippen LogP contribution in [-0.4, -0.2) is 9.97 Å². The number of alkyl halides is 3. The molecule has 3 nitrogen and oxygen atoms in total. The lowest BCUT2D eigenvalue weighted by Gasteiger charge is -2.11. The Morgan fingerprint density at radius 1 is 1.14 bits per heavy atom. The molecule has 0 unspecified atom stereocenters. The van der Waals surface area contributed by atoms with Gasteiger partial charge in [0.05, 0.1) is 0 Å². The summed E-state index contributed by atoms with van der Waals surface area (Å²) < 4.78 is 37.9. The zero-order valence-corrected chi connectivity index (χ0v) is 12.0. The highest BCUT2D eigenvalue weighted by Crippen LogP contribution is 2.28. The Bertz CT molecular complexity index is 629. The van der Waals surface area contributed by atoms with E-state index in [0.717, 1.165) is 17.5 Å². The van der Waals surface area contributed by atoms with Crippen LogP contribution in [-0.2, 0) is 19.1 Å². The molecule has 112 valence electrons. The minimum atomic E-state index is -4.62. The number of rotatable bonds is 4. The van der Waals surface area contributed by atoms with Crippen LogP contribution in [0.5, 0.6) is 0 Å². The van der Waals surface area contributed by atoms with Crippen LogP contribution in [0.25, 0.3) is 0 Å². The summed E-state index contributed by atoms with van der Waals surface area (Å²) in [5, 5.41) is 2.61. The molecular weight excluding hydrogens is 303 g/mol. The maximum Gasteiger partial charge on any atom is 0.451 e. The third kappa shape index (κ3) is 4.07. The lowest BCUT2D eigenvalue weighted by atomic mass is 10.1. The van der Waals surface area contributed by atoms with Crippen molar-refractivity contribution in [3.8, 4) is 0 Å². The minimum Gasteiger partial charge on any atom is -0.366 e. The number of aryl methyl sites for hydroxylation is 1. The molecule has 0 spiro atoms. The van der Waals surface area contributed by atoms with E-state index in [4.69, 9.17) is 11.6 Å². The average Bonchev–Trinajstić information content (AvgIpc) is 2.44. The number of anilines is 1. The molecule has 0 fully saturated rings. The number of nitrogens with one attached hydrogen (secondary N) is 1. The van der Waals surface area contributed by atoms with Crippen LogP contribution in [0.15, 0.2) is 30.3 Å². The summed E-state index contributed by atoms with van der Waals surface area (Å²) in [6, 6.07) is 8.96. The van der Waals surface area contributed by atoms with Gasteiger partial charge in [0, 0.05) is 12.6 Å². The van der Waals surface area contributed by atoms with Crippen molar-refractivity contribution in [2.24, 2.45) is 0 Å². The van der Waals surface area contributed by atoms with Gasteiger partial charge in [-0.2, -0.15) is 13.2 Å². The van der Waals surface area contributed by atoms with E-state index < -0.39 is 12.0 Å². The summed E-state index contributed by atoms with van der Waals surface area (Å²) in [5.41, 5.74) is 2.13. The second kappa shape index (κ2) is 6.30. The Hall–Kier alpha value is -1.82. The zero-order valence-electron chi connectivity index (χ0n) is 11.2. The maximum atomic E-state index is 12.6. The Labute approximate surface area is 125 Å². The number of halogens is 4. The topological polar surface area (TPSA) is 37.8 Å². The van der Waals surface area contributed by atoms with Gasteiger partial charge in [0.15, 0.2) is 0 Å². The fraction of sp³-hybridized carbons (Fsp3) is 0.286. The van der Waals surface area contributed by atoms with Gasteiger partial charge in [-0.1, -0.05) is 42.8 Å². The van der Waals surface area contributed by atoms with Gasteiger partial charge in [-0.3, -0.25) is 0 Å². The molecule has 2 rings (SSSR count). The van der Waals surface area contributed by atoms with E-state index >= 15 is 0 Å². The average molecular weight is 316 g/mol. The van der Waals surface area contributed by atoms with Crippen molar-refractivity contribution in [1.82, 2.24) is 9.97 Å². The molecule has 1 N–H and O–H groups in total. The second-order valence-electron chi connectivity index (χ2n) is 4.37. The molecule has 0 aliphatic carbocycles. The van der Waals surface area contributed by atoms with Crippen molar-refractivity contribution in [2.75, 3.05) is 5.32 Å². The molecule has 0 aliphatic heterocycles. The molecule has 0 saturated carbocycles. The van der Waals surface area contributed by atoms with Crippen molar-refractivity contribution in [3.63, 3.8) is 0 Å². The second-order valence-corrected chi connectivity index (χ2v) is 4.76. The van der Waals surface area contributed by atoms with Crippen LogP contribution in [0.2, 0.25) is 5.15 Å². The first-order valence-electron chi connectivity index (χ1n) is 6.32. The SMILES string of the molecule is CCc1ccccc1CNc1cc(Cl)nc(C(F)(F)F)n1. The van der Waals surface area contributed by atoms with E-state index in [0.29, 0.717) is 6.54 Å². The summed E-state index contributed by atoms with van der Waals surface area (Å²) in [6.07, 6.45) is -3.78. The quantitative estimate of drug-likeness (QED) is 0.854. The van der Waals surface area contributed by atoms with Gasteiger partial charge in [-0.15, -0.1) is 0 Å². The van der Waals surface area contributed by atoms with E-state index in [-0.39, 0.29) is 11.0 Å². The van der Waals surface area contributed by atoms with E-state index in [9.17, 15) is 13.2 Å². The summed E-state index contributed by atoms with van der Waals surface area (Å²) in [7, 11) is 0. The largest absolute Gasteiger partial charge is 0.451 e. The van der Waals surface area contributed by atoms with Crippen molar-refractivity contribution in [3.05, 3.63) is 52.4 Å². The van der Waals surface area contributed by atoms with Crippen LogP contribution in [0, 0.1) is 0 Å². The van der Waals surface area contributed by atoms with E-state index in [1.165, 1.54) is 6.07 Å². The molecule has 7 heteroatoms. The van der Waals surface area contributed by atoms with Crippen LogP contribution in [0.4, 0.5) is 19.0 Å². The number of nitrogens with zero attached hydrogens (tertiary/aromatic N) is 2. The van der Waals surface area contributed by atoms with Gasteiger partial charge < -0.3 is 5.32 Å². The third-order valence-electron chi connectivity index (χ3n) is 2.91. The summed E-state index contributed by atoms with van der Waals surface area (Å²) in [5.74, 6) is -1.20. The predicted octanol–water partition coefficient (Wildman–Crippen LogP) is 4.32. The lowest BCUT2D eigenvalue weighted by molar-refractivity contribution is -0.144. The fourth-order valence-corrected chi connectivity index (χ4v) is 2.08. The van der Waals surface area contributed by atoms with Crippen LogP contribution >= 0.6 is 11.6 Å². The smallest absolute Gasteiger partial charge is 0.366 e. The first-order valence-corrected chi connectivity index (χ1v) is 6.70. The van der Waals surface area contributed by atoms with E-state index in [1.54, 1.807) is 0 Å². The molecule has 1 heterocycles. The Morgan fingerprint density at radius 3 is 2.43 bits per heavy atom. The number of aromatic nitrogens is 2. The van der Waals surface area contributed by atoms with Crippen LogP contribution in [0.3, 0.4) is 0 Å². The van der Waals surface area contributed by atoms with E-state index in [1.807, 2.05) is 31.2 Å². The van der Waals surface area contributed by atoms with Crippen molar-refractivity contribution in [2.45, 2.75) is 26.1 Å². The van der Waals surface area contributed by atoms with Gasteiger partial charge in [-0.25, -0.2) is 9.97 Å². The van der Waals surface area contributed by atoms with Gasteiger partial charge in [-0.05, 0) is 17.5 Å². The van der Waals surface area contributed by atoms with Gasteiger partial charge in [0.1, 0.15) is 11.0 Å². The predicted molar refractivity (Wildman–Crippen MR) is 75.2 cm³/mol. The Balaban J connectivity index is 2.19. The summed E-state index contributed by atoms with van der Waals surface area (Å²) >= 11 is 5.61. The first kappa shape index (κ1) is 15.6. The highest BCUT2D eigenvalue weighted by atomic mass is 35.5. The molecule has 0 amide bonds. The third-order valence-corrected chi connectivity index (χ3v) is 3.10. The van der Waals surface area contributed by atoms with Crippen LogP contribution < -0.4 is 5.32 Å². The molecule has 0 aliphatic rings.